The zero-order valence-corrected chi connectivity index (χ0v) is 19.7. The molecule has 0 spiro atoms. The third-order valence-corrected chi connectivity index (χ3v) is 5.43. The first-order chi connectivity index (χ1) is 15.9. The summed E-state index contributed by atoms with van der Waals surface area (Å²) >= 11 is 11.7. The van der Waals surface area contributed by atoms with Crippen LogP contribution in [-0.2, 0) is 6.42 Å². The maximum absolute atomic E-state index is 12.1. The van der Waals surface area contributed by atoms with Gasteiger partial charge in [0.05, 0.1) is 11.2 Å². The molecule has 0 aliphatic heterocycles. The molecule has 1 amide bonds. The molecule has 0 bridgehead atoms. The Bertz CT molecular complexity index is 1120. The lowest BCUT2D eigenvalue weighted by atomic mass is 10.1. The molecule has 0 heterocycles. The van der Waals surface area contributed by atoms with Crippen LogP contribution in [0.1, 0.15) is 27.0 Å². The zero-order chi connectivity index (χ0) is 23.6. The van der Waals surface area contributed by atoms with E-state index in [4.69, 9.17) is 27.9 Å². The quantitative estimate of drug-likeness (QED) is 0.214. The first kappa shape index (κ1) is 24.6. The number of rotatable bonds is 10. The van der Waals surface area contributed by atoms with Crippen molar-refractivity contribution in [1.82, 2.24) is 10.7 Å². The van der Waals surface area contributed by atoms with Crippen LogP contribution in [0.25, 0.3) is 0 Å². The van der Waals surface area contributed by atoms with Crippen LogP contribution in [0, 0.1) is 6.92 Å². The molecule has 6 nitrogen and oxygen atoms in total. The molecule has 0 aliphatic carbocycles. The van der Waals surface area contributed by atoms with Crippen LogP contribution < -0.4 is 15.5 Å². The van der Waals surface area contributed by atoms with Crippen LogP contribution in [-0.4, -0.2) is 36.9 Å². The molecule has 0 fully saturated rings. The normalized spacial score (nSPS) is 11.0. The number of aromatic hydroxyl groups is 1. The summed E-state index contributed by atoms with van der Waals surface area (Å²) < 4.78 is 5.80. The number of carbonyl (C=O) groups excluding carboxylic acids is 1. The van der Waals surface area contributed by atoms with Crippen LogP contribution in [0.5, 0.6) is 11.5 Å². The van der Waals surface area contributed by atoms with Gasteiger partial charge in [-0.1, -0.05) is 35.3 Å². The monoisotopic (exact) mass is 485 g/mol. The van der Waals surface area contributed by atoms with Crippen molar-refractivity contribution in [2.75, 3.05) is 19.7 Å². The average Bonchev–Trinajstić information content (AvgIpc) is 2.80. The van der Waals surface area contributed by atoms with E-state index in [1.807, 2.05) is 49.4 Å². The van der Waals surface area contributed by atoms with E-state index >= 15 is 0 Å². The van der Waals surface area contributed by atoms with E-state index in [2.05, 4.69) is 15.8 Å². The van der Waals surface area contributed by atoms with Gasteiger partial charge in [-0.05, 0) is 85.1 Å². The summed E-state index contributed by atoms with van der Waals surface area (Å²) in [6.45, 7) is 4.10. The number of carbonyl (C=O) groups is 1. The van der Waals surface area contributed by atoms with Gasteiger partial charge in [0.15, 0.2) is 0 Å². The molecule has 0 radical (unpaired) electrons. The number of aryl methyl sites for hydroxylation is 1. The van der Waals surface area contributed by atoms with Crippen molar-refractivity contribution in [2.24, 2.45) is 5.10 Å². The molecule has 0 saturated carbocycles. The van der Waals surface area contributed by atoms with Crippen molar-refractivity contribution >= 4 is 35.3 Å². The Labute approximate surface area is 203 Å². The highest BCUT2D eigenvalue weighted by Crippen LogP contribution is 2.23. The predicted molar refractivity (Wildman–Crippen MR) is 133 cm³/mol. The van der Waals surface area contributed by atoms with Crippen molar-refractivity contribution in [3.63, 3.8) is 0 Å². The highest BCUT2D eigenvalue weighted by atomic mass is 35.5. The fourth-order valence-electron chi connectivity index (χ4n) is 3.01. The molecule has 3 aromatic rings. The summed E-state index contributed by atoms with van der Waals surface area (Å²) in [5, 5.41) is 17.6. The van der Waals surface area contributed by atoms with Gasteiger partial charge < -0.3 is 15.2 Å². The third-order valence-electron chi connectivity index (χ3n) is 4.87. The molecule has 172 valence electrons. The second-order valence-electron chi connectivity index (χ2n) is 7.36. The highest BCUT2D eigenvalue weighted by Gasteiger charge is 2.07. The van der Waals surface area contributed by atoms with Crippen LogP contribution in [0.3, 0.4) is 0 Å². The fourth-order valence-corrected chi connectivity index (χ4v) is 3.31. The number of hydrazone groups is 1. The van der Waals surface area contributed by atoms with E-state index in [1.165, 1.54) is 23.8 Å². The lowest BCUT2D eigenvalue weighted by molar-refractivity contribution is 0.0955. The summed E-state index contributed by atoms with van der Waals surface area (Å²) in [4.78, 5) is 12.1. The minimum Gasteiger partial charge on any atom is -0.506 e. The summed E-state index contributed by atoms with van der Waals surface area (Å²) in [5.41, 5.74) is 5.81. The Morgan fingerprint density at radius 3 is 2.58 bits per heavy atom. The van der Waals surface area contributed by atoms with E-state index in [0.717, 1.165) is 41.4 Å². The number of halogens is 2. The number of ether oxygens (including phenoxy) is 1. The molecule has 3 aromatic carbocycles. The molecule has 0 aromatic heterocycles. The van der Waals surface area contributed by atoms with Gasteiger partial charge in [-0.25, -0.2) is 5.43 Å². The smallest absolute Gasteiger partial charge is 0.271 e. The SMILES string of the molecule is Cc1cc(OCCNCCc2ccc(Cl)cc2)ccc1/C=N/NC(=O)c1ccc(O)c(Cl)c1. The van der Waals surface area contributed by atoms with Crippen molar-refractivity contribution in [1.29, 1.82) is 0 Å². The molecule has 0 aliphatic rings. The maximum atomic E-state index is 12.1. The topological polar surface area (TPSA) is 83.0 Å². The van der Waals surface area contributed by atoms with Gasteiger partial charge in [0.1, 0.15) is 18.1 Å². The maximum Gasteiger partial charge on any atom is 0.271 e. The lowest BCUT2D eigenvalue weighted by Gasteiger charge is -2.09. The van der Waals surface area contributed by atoms with Crippen LogP contribution in [0.4, 0.5) is 0 Å². The number of hydrogen-bond acceptors (Lipinski definition) is 5. The van der Waals surface area contributed by atoms with Crippen LogP contribution in [0.2, 0.25) is 10.0 Å². The van der Waals surface area contributed by atoms with Crippen molar-refractivity contribution in [3.8, 4) is 11.5 Å². The van der Waals surface area contributed by atoms with Gasteiger partial charge in [-0.3, -0.25) is 4.79 Å². The molecular weight excluding hydrogens is 461 g/mol. The third kappa shape index (κ3) is 7.79. The molecule has 3 rings (SSSR count). The van der Waals surface area contributed by atoms with E-state index in [0.29, 0.717) is 12.2 Å². The molecule has 0 unspecified atom stereocenters. The van der Waals surface area contributed by atoms with Crippen molar-refractivity contribution in [2.45, 2.75) is 13.3 Å². The van der Waals surface area contributed by atoms with E-state index in [1.54, 1.807) is 6.21 Å². The molecule has 3 N–H and O–H groups in total. The molecule has 0 atom stereocenters. The van der Waals surface area contributed by atoms with Crippen LogP contribution >= 0.6 is 23.2 Å². The summed E-state index contributed by atoms with van der Waals surface area (Å²) in [7, 11) is 0. The average molecular weight is 486 g/mol. The van der Waals surface area contributed by atoms with E-state index in [9.17, 15) is 9.90 Å². The fraction of sp³-hybridized carbons (Fsp3) is 0.200. The number of phenols is 1. The van der Waals surface area contributed by atoms with Crippen molar-refractivity contribution in [3.05, 3.63) is 93.0 Å². The second kappa shape index (κ2) is 12.3. The number of phenolic OH excluding ortho intramolecular Hbond substituents is 1. The summed E-state index contributed by atoms with van der Waals surface area (Å²) in [6.07, 6.45) is 2.50. The number of benzene rings is 3. The number of nitrogens with one attached hydrogen (secondary N) is 2. The Hall–Kier alpha value is -3.06. The number of amides is 1. The molecule has 8 heteroatoms. The summed E-state index contributed by atoms with van der Waals surface area (Å²) in [5.74, 6) is 0.268. The molecular formula is C25H25Cl2N3O3. The highest BCUT2D eigenvalue weighted by molar-refractivity contribution is 6.32. The first-order valence-electron chi connectivity index (χ1n) is 10.4. The Balaban J connectivity index is 1.40. The van der Waals surface area contributed by atoms with Gasteiger partial charge >= 0.3 is 0 Å². The Morgan fingerprint density at radius 2 is 1.85 bits per heavy atom. The minimum absolute atomic E-state index is 0.0802. The van der Waals surface area contributed by atoms with Crippen molar-refractivity contribution < 1.29 is 14.6 Å². The van der Waals surface area contributed by atoms with Crippen LogP contribution in [0.15, 0.2) is 65.8 Å². The molecule has 0 saturated heterocycles. The lowest BCUT2D eigenvalue weighted by Crippen LogP contribution is -2.23. The first-order valence-corrected chi connectivity index (χ1v) is 11.2. The number of hydrogen-bond donors (Lipinski definition) is 3. The predicted octanol–water partition coefficient (Wildman–Crippen LogP) is 4.98. The van der Waals surface area contributed by atoms with Gasteiger partial charge in [0.2, 0.25) is 0 Å². The van der Waals surface area contributed by atoms with Gasteiger partial charge in [-0.15, -0.1) is 0 Å². The summed E-state index contributed by atoms with van der Waals surface area (Å²) in [6, 6.07) is 17.7. The second-order valence-corrected chi connectivity index (χ2v) is 8.20. The van der Waals surface area contributed by atoms with Gasteiger partial charge in [-0.2, -0.15) is 5.10 Å². The zero-order valence-electron chi connectivity index (χ0n) is 18.1. The van der Waals surface area contributed by atoms with Gasteiger partial charge in [0, 0.05) is 17.1 Å². The minimum atomic E-state index is -0.422. The number of nitrogens with zero attached hydrogens (tertiary/aromatic N) is 1. The Kier molecular flexibility index (Phi) is 9.13. The van der Waals surface area contributed by atoms with Gasteiger partial charge in [0.25, 0.3) is 5.91 Å². The largest absolute Gasteiger partial charge is 0.506 e. The standard InChI is InChI=1S/C25H25Cl2N3O3/c1-17-14-22(33-13-12-28-11-10-18-2-6-21(26)7-3-18)8-4-20(17)16-29-30-25(32)19-5-9-24(31)23(27)15-19/h2-9,14-16,28,31H,10-13H2,1H3,(H,30,32)/b29-16+. The van der Waals surface area contributed by atoms with E-state index in [-0.39, 0.29) is 10.8 Å². The molecule has 33 heavy (non-hydrogen) atoms. The Morgan fingerprint density at radius 1 is 1.06 bits per heavy atom. The van der Waals surface area contributed by atoms with E-state index < -0.39 is 5.91 Å².